The van der Waals surface area contributed by atoms with Gasteiger partial charge in [0.2, 0.25) is 0 Å². The molecule has 3 N–H and O–H groups in total. The van der Waals surface area contributed by atoms with Gasteiger partial charge >= 0.3 is 6.03 Å². The molecule has 0 saturated carbocycles. The predicted molar refractivity (Wildman–Crippen MR) is 66.2 cm³/mol. The number of rotatable bonds is 6. The highest BCUT2D eigenvalue weighted by Crippen LogP contribution is 2.30. The summed E-state index contributed by atoms with van der Waals surface area (Å²) in [6.45, 7) is 1.71. The summed E-state index contributed by atoms with van der Waals surface area (Å²) in [6.07, 6.45) is 0.587. The molecule has 0 spiro atoms. The molecule has 1 rings (SSSR count). The summed E-state index contributed by atoms with van der Waals surface area (Å²) in [5.74, 6) is -0.214. The van der Waals surface area contributed by atoms with Gasteiger partial charge in [-0.1, -0.05) is 6.07 Å². The van der Waals surface area contributed by atoms with Gasteiger partial charge in [-0.3, -0.25) is 14.9 Å². The molecule has 7 nitrogen and oxygen atoms in total. The van der Waals surface area contributed by atoms with Crippen molar-refractivity contribution in [1.82, 2.24) is 5.32 Å². The standard InChI is InChI=1S/C12H14N2O5/c1-2-18-9-5-3-4-8(6-15)11(9)19-7-10(16)14-12(13)17/h3-6H,2,7H2,1H3,(H3,13,14,16,17). The van der Waals surface area contributed by atoms with Crippen LogP contribution in [0.25, 0.3) is 0 Å². The fraction of sp³-hybridized carbons (Fsp3) is 0.250. The Bertz CT molecular complexity index is 487. The van der Waals surface area contributed by atoms with Gasteiger partial charge in [0.05, 0.1) is 12.2 Å². The lowest BCUT2D eigenvalue weighted by Crippen LogP contribution is -2.38. The van der Waals surface area contributed by atoms with Gasteiger partial charge in [0.15, 0.2) is 24.4 Å². The number of imide groups is 1. The van der Waals surface area contributed by atoms with Crippen molar-refractivity contribution in [3.8, 4) is 11.5 Å². The average Bonchev–Trinajstić information content (AvgIpc) is 2.36. The second-order valence-corrected chi connectivity index (χ2v) is 3.43. The number of nitrogens with two attached hydrogens (primary N) is 1. The summed E-state index contributed by atoms with van der Waals surface area (Å²) in [4.78, 5) is 32.6. The summed E-state index contributed by atoms with van der Waals surface area (Å²) in [6, 6.07) is 3.79. The number of nitrogens with one attached hydrogen (secondary N) is 1. The first-order chi connectivity index (χ1) is 9.08. The molecule has 1 aromatic carbocycles. The van der Waals surface area contributed by atoms with E-state index < -0.39 is 18.5 Å². The van der Waals surface area contributed by atoms with E-state index in [2.05, 4.69) is 0 Å². The van der Waals surface area contributed by atoms with E-state index in [9.17, 15) is 14.4 Å². The zero-order valence-corrected chi connectivity index (χ0v) is 10.3. The Morgan fingerprint density at radius 2 is 2.11 bits per heavy atom. The SMILES string of the molecule is CCOc1cccc(C=O)c1OCC(=O)NC(N)=O. The Balaban J connectivity index is 2.83. The van der Waals surface area contributed by atoms with Crippen LogP contribution in [0.15, 0.2) is 18.2 Å². The number of para-hydroxylation sites is 1. The molecule has 0 fully saturated rings. The first-order valence-corrected chi connectivity index (χ1v) is 5.51. The van der Waals surface area contributed by atoms with Crippen LogP contribution in [-0.4, -0.2) is 31.4 Å². The van der Waals surface area contributed by atoms with Gasteiger partial charge in [-0.15, -0.1) is 0 Å². The third kappa shape index (κ3) is 4.30. The molecular weight excluding hydrogens is 252 g/mol. The molecule has 0 unspecified atom stereocenters. The fourth-order valence-electron chi connectivity index (χ4n) is 1.36. The van der Waals surface area contributed by atoms with E-state index >= 15 is 0 Å². The second-order valence-electron chi connectivity index (χ2n) is 3.43. The van der Waals surface area contributed by atoms with Gasteiger partial charge in [-0.2, -0.15) is 0 Å². The minimum Gasteiger partial charge on any atom is -0.490 e. The summed E-state index contributed by atoms with van der Waals surface area (Å²) in [7, 11) is 0. The van der Waals surface area contributed by atoms with Crippen LogP contribution in [0.3, 0.4) is 0 Å². The van der Waals surface area contributed by atoms with Crippen molar-refractivity contribution in [3.05, 3.63) is 23.8 Å². The Labute approximate surface area is 109 Å². The number of carbonyl (C=O) groups excluding carboxylic acids is 3. The number of aldehydes is 1. The molecule has 0 aliphatic carbocycles. The van der Waals surface area contributed by atoms with Gasteiger partial charge in [0.25, 0.3) is 5.91 Å². The molecule has 3 amide bonds. The van der Waals surface area contributed by atoms with Crippen LogP contribution < -0.4 is 20.5 Å². The maximum Gasteiger partial charge on any atom is 0.318 e. The van der Waals surface area contributed by atoms with Gasteiger partial charge in [0.1, 0.15) is 0 Å². The Hall–Kier alpha value is -2.57. The van der Waals surface area contributed by atoms with Crippen LogP contribution in [0, 0.1) is 0 Å². The monoisotopic (exact) mass is 266 g/mol. The van der Waals surface area contributed by atoms with Crippen molar-refractivity contribution >= 4 is 18.2 Å². The van der Waals surface area contributed by atoms with E-state index in [1.54, 1.807) is 19.1 Å². The second kappa shape index (κ2) is 7.00. The first kappa shape index (κ1) is 14.5. The lowest BCUT2D eigenvalue weighted by molar-refractivity contribution is -0.121. The lowest BCUT2D eigenvalue weighted by atomic mass is 10.2. The molecular formula is C12H14N2O5. The summed E-state index contributed by atoms with van der Waals surface area (Å²) < 4.78 is 10.5. The number of benzene rings is 1. The minimum atomic E-state index is -0.970. The van der Waals surface area contributed by atoms with E-state index in [0.717, 1.165) is 0 Å². The van der Waals surface area contributed by atoms with Crippen LogP contribution in [0.2, 0.25) is 0 Å². The molecule has 19 heavy (non-hydrogen) atoms. The van der Waals surface area contributed by atoms with Crippen LogP contribution in [-0.2, 0) is 4.79 Å². The number of ether oxygens (including phenoxy) is 2. The molecule has 0 aromatic heterocycles. The molecule has 1 aromatic rings. The third-order valence-corrected chi connectivity index (χ3v) is 2.05. The van der Waals surface area contributed by atoms with E-state index in [-0.39, 0.29) is 11.3 Å². The Kier molecular flexibility index (Phi) is 5.34. The van der Waals surface area contributed by atoms with Crippen molar-refractivity contribution < 1.29 is 23.9 Å². The summed E-state index contributed by atoms with van der Waals surface area (Å²) >= 11 is 0. The molecule has 7 heteroatoms. The molecule has 0 bridgehead atoms. The number of urea groups is 1. The third-order valence-electron chi connectivity index (χ3n) is 2.05. The molecule has 0 radical (unpaired) electrons. The number of primary amides is 1. The first-order valence-electron chi connectivity index (χ1n) is 5.51. The van der Waals surface area contributed by atoms with Crippen molar-refractivity contribution in [2.24, 2.45) is 5.73 Å². The Morgan fingerprint density at radius 3 is 2.68 bits per heavy atom. The van der Waals surface area contributed by atoms with Gasteiger partial charge in [-0.05, 0) is 19.1 Å². The van der Waals surface area contributed by atoms with Gasteiger partial charge in [-0.25, -0.2) is 4.79 Å². The molecule has 0 aliphatic heterocycles. The minimum absolute atomic E-state index is 0.152. The maximum atomic E-state index is 11.2. The maximum absolute atomic E-state index is 11.2. The number of hydrogen-bond acceptors (Lipinski definition) is 5. The number of hydrogen-bond donors (Lipinski definition) is 2. The van der Waals surface area contributed by atoms with Crippen molar-refractivity contribution in [1.29, 1.82) is 0 Å². The van der Waals surface area contributed by atoms with Crippen LogP contribution in [0.5, 0.6) is 11.5 Å². The van der Waals surface area contributed by atoms with E-state index in [4.69, 9.17) is 15.2 Å². The van der Waals surface area contributed by atoms with Crippen LogP contribution in [0.1, 0.15) is 17.3 Å². The van der Waals surface area contributed by atoms with Crippen LogP contribution >= 0.6 is 0 Å². The summed E-state index contributed by atoms with van der Waals surface area (Å²) in [5, 5.41) is 1.85. The van der Waals surface area contributed by atoms with Crippen LogP contribution in [0.4, 0.5) is 4.79 Å². The van der Waals surface area contributed by atoms with Gasteiger partial charge in [0, 0.05) is 0 Å². The van der Waals surface area contributed by atoms with Crippen molar-refractivity contribution in [2.45, 2.75) is 6.92 Å². The molecule has 102 valence electrons. The van der Waals surface area contributed by atoms with Crippen molar-refractivity contribution in [2.75, 3.05) is 13.2 Å². The topological polar surface area (TPSA) is 108 Å². The van der Waals surface area contributed by atoms with E-state index in [1.807, 2.05) is 5.32 Å². The molecule has 0 aliphatic rings. The highest BCUT2D eigenvalue weighted by molar-refractivity contribution is 5.94. The molecule has 0 heterocycles. The predicted octanol–water partition coefficient (Wildman–Crippen LogP) is 0.471. The average molecular weight is 266 g/mol. The smallest absolute Gasteiger partial charge is 0.318 e. The highest BCUT2D eigenvalue weighted by Gasteiger charge is 2.13. The quantitative estimate of drug-likeness (QED) is 0.728. The highest BCUT2D eigenvalue weighted by atomic mass is 16.5. The Morgan fingerprint density at radius 1 is 1.37 bits per heavy atom. The summed E-state index contributed by atoms with van der Waals surface area (Å²) in [5.41, 5.74) is 5.04. The number of carbonyl (C=O) groups is 3. The zero-order chi connectivity index (χ0) is 14.3. The lowest BCUT2D eigenvalue weighted by Gasteiger charge is -2.12. The van der Waals surface area contributed by atoms with Crippen molar-refractivity contribution in [3.63, 3.8) is 0 Å². The fourth-order valence-corrected chi connectivity index (χ4v) is 1.36. The normalized spacial score (nSPS) is 9.53. The zero-order valence-electron chi connectivity index (χ0n) is 10.3. The largest absolute Gasteiger partial charge is 0.490 e. The van der Waals surface area contributed by atoms with E-state index in [1.165, 1.54) is 6.07 Å². The van der Waals surface area contributed by atoms with Gasteiger partial charge < -0.3 is 15.2 Å². The molecule has 0 saturated heterocycles. The van der Waals surface area contributed by atoms with E-state index in [0.29, 0.717) is 18.6 Å². The molecule has 0 atom stereocenters. The number of amides is 3.